The van der Waals surface area contributed by atoms with Gasteiger partial charge in [0.25, 0.3) is 0 Å². The van der Waals surface area contributed by atoms with Crippen molar-refractivity contribution in [1.82, 2.24) is 4.98 Å². The van der Waals surface area contributed by atoms with E-state index in [0.717, 1.165) is 11.1 Å². The lowest BCUT2D eigenvalue weighted by Gasteiger charge is -2.22. The molecule has 2 aromatic rings. The van der Waals surface area contributed by atoms with Gasteiger partial charge in [0.2, 0.25) is 0 Å². The Morgan fingerprint density at radius 2 is 1.88 bits per heavy atom. The molecule has 0 bridgehead atoms. The van der Waals surface area contributed by atoms with Crippen LogP contribution in [-0.4, -0.2) is 12.1 Å². The van der Waals surface area contributed by atoms with Gasteiger partial charge in [-0.3, -0.25) is 4.98 Å². The van der Waals surface area contributed by atoms with Crippen molar-refractivity contribution in [2.75, 3.05) is 7.11 Å². The van der Waals surface area contributed by atoms with Crippen LogP contribution < -0.4 is 4.74 Å². The van der Waals surface area contributed by atoms with E-state index in [4.69, 9.17) is 4.74 Å². The van der Waals surface area contributed by atoms with Gasteiger partial charge >= 0.3 is 0 Å². The van der Waals surface area contributed by atoms with Crippen LogP contribution in [0.3, 0.4) is 0 Å². The van der Waals surface area contributed by atoms with E-state index in [1.165, 1.54) is 10.9 Å². The second kappa shape index (κ2) is 3.78. The highest BCUT2D eigenvalue weighted by Gasteiger charge is 2.18. The summed E-state index contributed by atoms with van der Waals surface area (Å²) in [6, 6.07) is 6.30. The summed E-state index contributed by atoms with van der Waals surface area (Å²) >= 11 is 0. The Kier molecular flexibility index (Phi) is 2.58. The molecular formula is C14H17NO. The normalized spacial score (nSPS) is 11.8. The first kappa shape index (κ1) is 10.9. The summed E-state index contributed by atoms with van der Waals surface area (Å²) in [7, 11) is 1.69. The Morgan fingerprint density at radius 1 is 1.12 bits per heavy atom. The van der Waals surface area contributed by atoms with Crippen molar-refractivity contribution >= 4 is 10.8 Å². The third-order valence-electron chi connectivity index (χ3n) is 2.78. The number of hydrogen-bond acceptors (Lipinski definition) is 2. The van der Waals surface area contributed by atoms with E-state index < -0.39 is 0 Å². The molecule has 1 aromatic carbocycles. The Balaban J connectivity index is 2.84. The Hall–Kier alpha value is -1.57. The van der Waals surface area contributed by atoms with Gasteiger partial charge in [-0.2, -0.15) is 0 Å². The molecule has 0 aliphatic heterocycles. The minimum atomic E-state index is 0.105. The van der Waals surface area contributed by atoms with Crippen LogP contribution in [0.25, 0.3) is 10.8 Å². The topological polar surface area (TPSA) is 22.1 Å². The molecule has 0 spiro atoms. The van der Waals surface area contributed by atoms with Crippen molar-refractivity contribution in [2.45, 2.75) is 26.2 Å². The maximum absolute atomic E-state index is 5.40. The van der Waals surface area contributed by atoms with Crippen LogP contribution in [-0.2, 0) is 5.41 Å². The average molecular weight is 215 g/mol. The second-order valence-electron chi connectivity index (χ2n) is 5.00. The molecule has 2 rings (SSSR count). The van der Waals surface area contributed by atoms with Gasteiger partial charge in [-0.15, -0.1) is 0 Å². The molecule has 0 atom stereocenters. The summed E-state index contributed by atoms with van der Waals surface area (Å²) in [6.45, 7) is 6.63. The zero-order chi connectivity index (χ0) is 11.8. The van der Waals surface area contributed by atoms with Gasteiger partial charge in [0.15, 0.2) is 0 Å². The molecule has 0 amide bonds. The lowest BCUT2D eigenvalue weighted by molar-refractivity contribution is 0.417. The van der Waals surface area contributed by atoms with Crippen LogP contribution in [0.15, 0.2) is 30.6 Å². The first-order chi connectivity index (χ1) is 7.54. The molecule has 0 fully saturated rings. The van der Waals surface area contributed by atoms with E-state index in [2.05, 4.69) is 44.0 Å². The van der Waals surface area contributed by atoms with Gasteiger partial charge in [-0.25, -0.2) is 0 Å². The van der Waals surface area contributed by atoms with Crippen molar-refractivity contribution in [3.63, 3.8) is 0 Å². The van der Waals surface area contributed by atoms with Crippen molar-refractivity contribution in [3.05, 3.63) is 36.2 Å². The minimum absolute atomic E-state index is 0.105. The lowest BCUT2D eigenvalue weighted by atomic mass is 9.84. The van der Waals surface area contributed by atoms with Gasteiger partial charge < -0.3 is 4.74 Å². The number of rotatable bonds is 1. The molecule has 0 aliphatic rings. The summed E-state index contributed by atoms with van der Waals surface area (Å²) < 4.78 is 5.40. The van der Waals surface area contributed by atoms with E-state index in [1.54, 1.807) is 13.3 Å². The Bertz CT molecular complexity index is 506. The largest absolute Gasteiger partial charge is 0.494 e. The van der Waals surface area contributed by atoms with Gasteiger partial charge in [0, 0.05) is 17.0 Å². The van der Waals surface area contributed by atoms with Crippen LogP contribution in [0.1, 0.15) is 26.3 Å². The highest BCUT2D eigenvalue weighted by molar-refractivity contribution is 5.91. The number of hydrogen-bond donors (Lipinski definition) is 0. The number of benzene rings is 1. The maximum atomic E-state index is 5.40. The number of nitrogens with zero attached hydrogens (tertiary/aromatic N) is 1. The maximum Gasteiger partial charge on any atom is 0.145 e. The van der Waals surface area contributed by atoms with Gasteiger partial charge in [-0.1, -0.05) is 39.0 Å². The summed E-state index contributed by atoms with van der Waals surface area (Å²) in [6.07, 6.45) is 3.66. The van der Waals surface area contributed by atoms with Gasteiger partial charge in [0.05, 0.1) is 13.3 Å². The standard InChI is InChI=1S/C14H17NO/c1-14(2,3)11-7-5-6-10-8-15-9-12(16-4)13(10)11/h5-9H,1-4H3. The first-order valence-electron chi connectivity index (χ1n) is 5.45. The smallest absolute Gasteiger partial charge is 0.145 e. The van der Waals surface area contributed by atoms with Crippen LogP contribution in [0, 0.1) is 0 Å². The molecule has 0 unspecified atom stereocenters. The Labute approximate surface area is 96.3 Å². The molecule has 0 N–H and O–H groups in total. The summed E-state index contributed by atoms with van der Waals surface area (Å²) in [5.74, 6) is 0.850. The number of pyridine rings is 1. The quantitative estimate of drug-likeness (QED) is 0.726. The van der Waals surface area contributed by atoms with Crippen LogP contribution in [0.5, 0.6) is 5.75 Å². The van der Waals surface area contributed by atoms with E-state index >= 15 is 0 Å². The first-order valence-corrected chi connectivity index (χ1v) is 5.45. The molecule has 0 saturated carbocycles. The highest BCUT2D eigenvalue weighted by Crippen LogP contribution is 2.34. The second-order valence-corrected chi connectivity index (χ2v) is 5.00. The third kappa shape index (κ3) is 1.75. The molecule has 0 aliphatic carbocycles. The third-order valence-corrected chi connectivity index (χ3v) is 2.78. The fourth-order valence-corrected chi connectivity index (χ4v) is 1.98. The number of ether oxygens (including phenoxy) is 1. The van der Waals surface area contributed by atoms with Crippen LogP contribution in [0.2, 0.25) is 0 Å². The van der Waals surface area contributed by atoms with Crippen molar-refractivity contribution in [1.29, 1.82) is 0 Å². The molecule has 0 saturated heterocycles. The highest BCUT2D eigenvalue weighted by atomic mass is 16.5. The average Bonchev–Trinajstić information content (AvgIpc) is 2.26. The monoisotopic (exact) mass is 215 g/mol. The van der Waals surface area contributed by atoms with Gasteiger partial charge in [-0.05, 0) is 11.0 Å². The molecule has 0 radical (unpaired) electrons. The lowest BCUT2D eigenvalue weighted by Crippen LogP contribution is -2.12. The predicted octanol–water partition coefficient (Wildman–Crippen LogP) is 3.54. The molecule has 1 aromatic heterocycles. The molecule has 2 nitrogen and oxygen atoms in total. The van der Waals surface area contributed by atoms with Crippen LogP contribution >= 0.6 is 0 Å². The molecular weight excluding hydrogens is 198 g/mol. The predicted molar refractivity (Wildman–Crippen MR) is 67.0 cm³/mol. The molecule has 84 valence electrons. The van der Waals surface area contributed by atoms with E-state index in [0.29, 0.717) is 0 Å². The zero-order valence-corrected chi connectivity index (χ0v) is 10.2. The van der Waals surface area contributed by atoms with Crippen molar-refractivity contribution < 1.29 is 4.74 Å². The minimum Gasteiger partial charge on any atom is -0.494 e. The summed E-state index contributed by atoms with van der Waals surface area (Å²) in [5.41, 5.74) is 1.40. The van der Waals surface area contributed by atoms with Crippen LogP contribution in [0.4, 0.5) is 0 Å². The number of aromatic nitrogens is 1. The summed E-state index contributed by atoms with van der Waals surface area (Å²) in [5, 5.41) is 2.30. The molecule has 16 heavy (non-hydrogen) atoms. The molecule has 1 heterocycles. The Morgan fingerprint density at radius 3 is 2.50 bits per heavy atom. The number of methoxy groups -OCH3 is 1. The van der Waals surface area contributed by atoms with Crippen molar-refractivity contribution in [3.8, 4) is 5.75 Å². The fourth-order valence-electron chi connectivity index (χ4n) is 1.98. The van der Waals surface area contributed by atoms with Crippen molar-refractivity contribution in [2.24, 2.45) is 0 Å². The van der Waals surface area contributed by atoms with E-state index in [-0.39, 0.29) is 5.41 Å². The van der Waals surface area contributed by atoms with Gasteiger partial charge in [0.1, 0.15) is 5.75 Å². The SMILES string of the molecule is COc1cncc2cccc(C(C)(C)C)c12. The number of fused-ring (bicyclic) bond motifs is 1. The zero-order valence-electron chi connectivity index (χ0n) is 10.2. The fraction of sp³-hybridized carbons (Fsp3) is 0.357. The molecule has 2 heteroatoms. The van der Waals surface area contributed by atoms with E-state index in [9.17, 15) is 0 Å². The summed E-state index contributed by atoms with van der Waals surface area (Å²) in [4.78, 5) is 4.18. The van der Waals surface area contributed by atoms with E-state index in [1.807, 2.05) is 6.20 Å².